The van der Waals surface area contributed by atoms with E-state index >= 15 is 0 Å². The van der Waals surface area contributed by atoms with Gasteiger partial charge in [-0.3, -0.25) is 0 Å². The zero-order chi connectivity index (χ0) is 19.0. The lowest BCUT2D eigenvalue weighted by atomic mass is 9.99. The molecule has 0 aliphatic carbocycles. The van der Waals surface area contributed by atoms with Crippen molar-refractivity contribution in [3.8, 4) is 0 Å². The largest absolute Gasteiger partial charge is 0.390 e. The van der Waals surface area contributed by atoms with E-state index in [2.05, 4.69) is 9.97 Å². The normalized spacial score (nSPS) is 26.5. The Morgan fingerprint density at radius 3 is 2.67 bits per heavy atom. The summed E-state index contributed by atoms with van der Waals surface area (Å²) in [5.74, 6) is 0. The minimum Gasteiger partial charge on any atom is -0.390 e. The summed E-state index contributed by atoms with van der Waals surface area (Å²) < 4.78 is 7.56. The van der Waals surface area contributed by atoms with E-state index in [4.69, 9.17) is 4.74 Å². The van der Waals surface area contributed by atoms with Crippen molar-refractivity contribution in [1.29, 1.82) is 0 Å². The summed E-state index contributed by atoms with van der Waals surface area (Å²) in [7, 11) is 0. The third-order valence-corrected chi connectivity index (χ3v) is 5.21. The molecular weight excluding hydrogens is 346 g/mol. The van der Waals surface area contributed by atoms with E-state index in [0.29, 0.717) is 18.5 Å². The lowest BCUT2D eigenvalue weighted by Crippen LogP contribution is -2.38. The Balaban J connectivity index is 1.51. The highest BCUT2D eigenvalue weighted by Crippen LogP contribution is 2.34. The van der Waals surface area contributed by atoms with E-state index in [9.17, 15) is 15.3 Å². The number of hydrogen-bond donors (Lipinski definition) is 3. The van der Waals surface area contributed by atoms with Gasteiger partial charge in [0.25, 0.3) is 0 Å². The molecule has 2 aromatic heterocycles. The van der Waals surface area contributed by atoms with E-state index in [1.165, 1.54) is 6.33 Å². The number of hydrogen-bond acceptors (Lipinski definition) is 6. The van der Waals surface area contributed by atoms with Crippen LogP contribution in [0.25, 0.3) is 11.0 Å². The van der Waals surface area contributed by atoms with Crippen molar-refractivity contribution in [2.45, 2.75) is 50.4 Å². The zero-order valence-corrected chi connectivity index (χ0v) is 15.0. The van der Waals surface area contributed by atoms with E-state index in [1.54, 1.807) is 10.8 Å². The van der Waals surface area contributed by atoms with Crippen LogP contribution >= 0.6 is 0 Å². The minimum absolute atomic E-state index is 0.429. The van der Waals surface area contributed by atoms with Crippen molar-refractivity contribution in [1.82, 2.24) is 14.5 Å². The number of aliphatic hydroxyl groups excluding tert-OH is 3. The summed E-state index contributed by atoms with van der Waals surface area (Å²) in [5, 5.41) is 32.3. The molecule has 142 valence electrons. The van der Waals surface area contributed by atoms with E-state index in [0.717, 1.165) is 16.6 Å². The molecule has 3 aromatic rings. The van der Waals surface area contributed by atoms with Crippen LogP contribution in [0.3, 0.4) is 0 Å². The van der Waals surface area contributed by atoms with Gasteiger partial charge in [0.1, 0.15) is 30.3 Å². The summed E-state index contributed by atoms with van der Waals surface area (Å²) in [6.07, 6.45) is -0.611. The molecule has 5 atom stereocenters. The second-order valence-corrected chi connectivity index (χ2v) is 6.98. The Morgan fingerprint density at radius 2 is 1.89 bits per heavy atom. The highest BCUT2D eigenvalue weighted by Gasteiger charge is 2.46. The maximum absolute atomic E-state index is 10.5. The molecule has 4 rings (SSSR count). The molecular formula is C20H23N3O4. The maximum atomic E-state index is 10.5. The van der Waals surface area contributed by atoms with Crippen molar-refractivity contribution < 1.29 is 20.1 Å². The molecule has 0 spiro atoms. The van der Waals surface area contributed by atoms with E-state index in [1.807, 2.05) is 43.3 Å². The lowest BCUT2D eigenvalue weighted by molar-refractivity contribution is -0.0850. The molecule has 3 heterocycles. The van der Waals surface area contributed by atoms with Crippen molar-refractivity contribution in [2.75, 3.05) is 0 Å². The highest BCUT2D eigenvalue weighted by atomic mass is 16.6. The SMILES string of the molecule is Cc1ncnc2c1ccn2[C@@H]1O[C@H](C(O)CCc2ccccc2)[C@@H](O)[C@H]1O. The van der Waals surface area contributed by atoms with E-state index < -0.39 is 30.6 Å². The van der Waals surface area contributed by atoms with Gasteiger partial charge in [-0.05, 0) is 31.4 Å². The Labute approximate surface area is 156 Å². The molecule has 7 nitrogen and oxygen atoms in total. The molecule has 1 unspecified atom stereocenters. The average molecular weight is 369 g/mol. The standard InChI is InChI=1S/C20H23N3O4/c1-12-14-9-10-23(19(14)22-11-21-12)20-17(26)16(25)18(27-20)15(24)8-7-13-5-3-2-4-6-13/h2-6,9-11,15-18,20,24-26H,7-8H2,1H3/t15?,16-,17+,18+,20+/m0/s1. The Bertz CT molecular complexity index is 914. The number of rotatable bonds is 5. The molecule has 0 saturated carbocycles. The fourth-order valence-electron chi connectivity index (χ4n) is 3.66. The number of aryl methyl sites for hydroxylation is 2. The summed E-state index contributed by atoms with van der Waals surface area (Å²) in [4.78, 5) is 8.43. The lowest BCUT2D eigenvalue weighted by Gasteiger charge is -2.21. The monoisotopic (exact) mass is 369 g/mol. The van der Waals surface area contributed by atoms with Crippen LogP contribution in [0, 0.1) is 6.92 Å². The fraction of sp³-hybridized carbons (Fsp3) is 0.400. The summed E-state index contributed by atoms with van der Waals surface area (Å²) in [6.45, 7) is 1.88. The van der Waals surface area contributed by atoms with Gasteiger partial charge in [-0.1, -0.05) is 30.3 Å². The molecule has 1 aliphatic rings. The molecule has 7 heteroatoms. The molecule has 1 aromatic carbocycles. The highest BCUT2D eigenvalue weighted by molar-refractivity contribution is 5.78. The smallest absolute Gasteiger partial charge is 0.164 e. The molecule has 1 fully saturated rings. The van der Waals surface area contributed by atoms with Crippen molar-refractivity contribution in [3.63, 3.8) is 0 Å². The quantitative estimate of drug-likeness (QED) is 0.628. The van der Waals surface area contributed by atoms with Gasteiger partial charge in [0.15, 0.2) is 6.23 Å². The minimum atomic E-state index is -1.18. The second-order valence-electron chi connectivity index (χ2n) is 6.98. The van der Waals surface area contributed by atoms with Gasteiger partial charge in [-0.25, -0.2) is 9.97 Å². The van der Waals surface area contributed by atoms with Gasteiger partial charge >= 0.3 is 0 Å². The molecule has 27 heavy (non-hydrogen) atoms. The predicted octanol–water partition coefficient (Wildman–Crippen LogP) is 1.35. The number of nitrogens with zero attached hydrogens (tertiary/aromatic N) is 3. The predicted molar refractivity (Wildman–Crippen MR) is 99.0 cm³/mol. The van der Waals surface area contributed by atoms with Crippen LogP contribution in [0.2, 0.25) is 0 Å². The number of ether oxygens (including phenoxy) is 1. The van der Waals surface area contributed by atoms with Gasteiger partial charge in [0, 0.05) is 11.6 Å². The van der Waals surface area contributed by atoms with E-state index in [-0.39, 0.29) is 0 Å². The fourth-order valence-corrected chi connectivity index (χ4v) is 3.66. The topological polar surface area (TPSA) is 101 Å². The third kappa shape index (κ3) is 3.35. The number of aliphatic hydroxyl groups is 3. The van der Waals surface area contributed by atoms with Crippen LogP contribution in [0.15, 0.2) is 48.9 Å². The third-order valence-electron chi connectivity index (χ3n) is 5.21. The van der Waals surface area contributed by atoms with Crippen LogP contribution in [0.4, 0.5) is 0 Å². The molecule has 0 amide bonds. The van der Waals surface area contributed by atoms with Crippen LogP contribution in [-0.2, 0) is 11.2 Å². The number of benzene rings is 1. The number of aromatic nitrogens is 3. The average Bonchev–Trinajstić information content (AvgIpc) is 3.23. The molecule has 0 radical (unpaired) electrons. The van der Waals surface area contributed by atoms with Crippen molar-refractivity contribution >= 4 is 11.0 Å². The van der Waals surface area contributed by atoms with Crippen LogP contribution in [0.5, 0.6) is 0 Å². The Morgan fingerprint density at radius 1 is 1.11 bits per heavy atom. The zero-order valence-electron chi connectivity index (χ0n) is 15.0. The first kappa shape index (κ1) is 18.1. The van der Waals surface area contributed by atoms with Gasteiger partial charge in [-0.15, -0.1) is 0 Å². The van der Waals surface area contributed by atoms with Crippen LogP contribution in [0.1, 0.15) is 23.9 Å². The summed E-state index contributed by atoms with van der Waals surface area (Å²) >= 11 is 0. The van der Waals surface area contributed by atoms with Crippen LogP contribution < -0.4 is 0 Å². The van der Waals surface area contributed by atoms with Gasteiger partial charge in [-0.2, -0.15) is 0 Å². The maximum Gasteiger partial charge on any atom is 0.164 e. The molecule has 3 N–H and O–H groups in total. The Hall–Kier alpha value is -2.32. The first-order chi connectivity index (χ1) is 13.1. The number of fused-ring (bicyclic) bond motifs is 1. The molecule has 1 saturated heterocycles. The van der Waals surface area contributed by atoms with Crippen molar-refractivity contribution in [3.05, 3.63) is 60.2 Å². The summed E-state index contributed by atoms with van der Waals surface area (Å²) in [5.41, 5.74) is 2.55. The van der Waals surface area contributed by atoms with Crippen LogP contribution in [-0.4, -0.2) is 54.3 Å². The summed E-state index contributed by atoms with van der Waals surface area (Å²) in [6, 6.07) is 11.7. The van der Waals surface area contributed by atoms with Gasteiger partial charge < -0.3 is 24.6 Å². The van der Waals surface area contributed by atoms with Gasteiger partial charge in [0.2, 0.25) is 0 Å². The second kappa shape index (κ2) is 7.36. The first-order valence-corrected chi connectivity index (χ1v) is 9.08. The molecule has 0 bridgehead atoms. The molecule has 1 aliphatic heterocycles. The van der Waals surface area contributed by atoms with Gasteiger partial charge in [0.05, 0.1) is 11.8 Å². The Kier molecular flexibility index (Phi) is 4.92. The van der Waals surface area contributed by atoms with Crippen molar-refractivity contribution in [2.24, 2.45) is 0 Å². The first-order valence-electron chi connectivity index (χ1n) is 9.08.